The highest BCUT2D eigenvalue weighted by Crippen LogP contribution is 2.69. The predicted molar refractivity (Wildman–Crippen MR) is 105 cm³/mol. The van der Waals surface area contributed by atoms with Crippen LogP contribution in [0.1, 0.15) is 46.0 Å². The van der Waals surface area contributed by atoms with Gasteiger partial charge in [0.25, 0.3) is 0 Å². The molecule has 3 fully saturated rings. The quantitative estimate of drug-likeness (QED) is 0.760. The first kappa shape index (κ1) is 19.8. The summed E-state index contributed by atoms with van der Waals surface area (Å²) in [5.74, 6) is -0.573. The Balaban J connectivity index is 1.71. The minimum absolute atomic E-state index is 0.00382. The molecule has 4 aliphatic rings. The van der Waals surface area contributed by atoms with E-state index in [1.54, 1.807) is 13.0 Å². The Morgan fingerprint density at radius 2 is 2.11 bits per heavy atom. The molecule has 0 aliphatic heterocycles. The minimum Gasteiger partial charge on any atom is -0.390 e. The SMILES string of the molecule is C[C@]12C=CC(=O)C=C1CC[C@H]1[C@@H]3CCC(C(=O)SCC#N)[C@@]3(C)C[C@H](O)C12F. The number of nitrogens with zero attached hydrogens (tertiary/aromatic N) is 1. The zero-order valence-electron chi connectivity index (χ0n) is 16.3. The lowest BCUT2D eigenvalue weighted by Crippen LogP contribution is -2.66. The van der Waals surface area contributed by atoms with Gasteiger partial charge in [0.2, 0.25) is 0 Å². The van der Waals surface area contributed by atoms with Crippen LogP contribution in [-0.4, -0.2) is 33.5 Å². The maximum absolute atomic E-state index is 16.8. The van der Waals surface area contributed by atoms with Gasteiger partial charge < -0.3 is 5.11 Å². The van der Waals surface area contributed by atoms with E-state index in [1.807, 2.05) is 13.0 Å². The van der Waals surface area contributed by atoms with Gasteiger partial charge in [-0.25, -0.2) is 4.39 Å². The number of allylic oxidation sites excluding steroid dienone is 4. The Morgan fingerprint density at radius 1 is 1.36 bits per heavy atom. The molecular weight excluding hydrogens is 377 g/mol. The number of hydrogen-bond acceptors (Lipinski definition) is 5. The Morgan fingerprint density at radius 3 is 2.82 bits per heavy atom. The van der Waals surface area contributed by atoms with E-state index in [-0.39, 0.29) is 40.8 Å². The summed E-state index contributed by atoms with van der Waals surface area (Å²) in [5.41, 5.74) is -2.50. The van der Waals surface area contributed by atoms with Crippen LogP contribution in [0, 0.1) is 39.9 Å². The molecule has 0 aromatic carbocycles. The molecule has 1 N–H and O–H groups in total. The lowest BCUT2D eigenvalue weighted by Gasteiger charge is -2.61. The fourth-order valence-corrected chi connectivity index (χ4v) is 7.59. The van der Waals surface area contributed by atoms with Crippen LogP contribution >= 0.6 is 11.8 Å². The summed E-state index contributed by atoms with van der Waals surface area (Å²) in [6, 6.07) is 2.00. The molecular formula is C22H26FNO3S. The van der Waals surface area contributed by atoms with Gasteiger partial charge >= 0.3 is 0 Å². The minimum atomic E-state index is -1.84. The second-order valence-electron chi connectivity index (χ2n) is 9.25. The van der Waals surface area contributed by atoms with E-state index in [0.717, 1.165) is 23.8 Å². The number of ketones is 1. The average Bonchev–Trinajstić information content (AvgIpc) is 2.98. The van der Waals surface area contributed by atoms with Crippen LogP contribution in [-0.2, 0) is 9.59 Å². The van der Waals surface area contributed by atoms with Crippen LogP contribution in [0.4, 0.5) is 4.39 Å². The summed E-state index contributed by atoms with van der Waals surface area (Å²) in [4.78, 5) is 24.5. The Labute approximate surface area is 169 Å². The standard InChI is InChI=1S/C22H26FNO3S/c1-20-12-18(26)22(23)16(4-3-13-11-14(25)7-8-21(13,22)2)15(20)5-6-17(20)19(27)28-10-9-24/h7-8,11,15-18,26H,3-6,10,12H2,1-2H3/t15-,16-,17?,18-,20-,21-,22?/m0/s1. The van der Waals surface area contributed by atoms with Crippen LogP contribution in [0.2, 0.25) is 0 Å². The number of rotatable bonds is 2. The first-order chi connectivity index (χ1) is 13.2. The summed E-state index contributed by atoms with van der Waals surface area (Å²) in [6.07, 6.45) is 6.34. The Hall–Kier alpha value is -1.45. The lowest BCUT2D eigenvalue weighted by molar-refractivity contribution is -0.194. The molecule has 4 nitrogen and oxygen atoms in total. The fourth-order valence-electron chi connectivity index (χ4n) is 6.80. The molecule has 0 bridgehead atoms. The molecule has 0 aromatic rings. The second-order valence-corrected chi connectivity index (χ2v) is 10.2. The number of nitriles is 1. The van der Waals surface area contributed by atoms with Gasteiger partial charge in [-0.1, -0.05) is 30.3 Å². The van der Waals surface area contributed by atoms with Crippen LogP contribution in [0.5, 0.6) is 0 Å². The molecule has 0 spiro atoms. The van der Waals surface area contributed by atoms with E-state index in [0.29, 0.717) is 19.3 Å². The number of carbonyl (C=O) groups excluding carboxylic acids is 2. The van der Waals surface area contributed by atoms with Gasteiger partial charge in [-0.05, 0) is 62.5 Å². The summed E-state index contributed by atoms with van der Waals surface area (Å²) >= 11 is 1.04. The number of aliphatic hydroxyl groups is 1. The molecule has 7 atom stereocenters. The first-order valence-corrected chi connectivity index (χ1v) is 11.0. The van der Waals surface area contributed by atoms with Crippen molar-refractivity contribution in [2.24, 2.45) is 28.6 Å². The summed E-state index contributed by atoms with van der Waals surface area (Å²) in [7, 11) is 0. The summed E-state index contributed by atoms with van der Waals surface area (Å²) in [6.45, 7) is 3.83. The molecule has 4 rings (SSSR count). The molecule has 0 saturated heterocycles. The van der Waals surface area contributed by atoms with E-state index >= 15 is 4.39 Å². The first-order valence-electron chi connectivity index (χ1n) is 10.0. The van der Waals surface area contributed by atoms with Crippen LogP contribution < -0.4 is 0 Å². The van der Waals surface area contributed by atoms with E-state index in [9.17, 15) is 14.7 Å². The molecule has 150 valence electrons. The molecule has 0 aromatic heterocycles. The highest BCUT2D eigenvalue weighted by atomic mass is 32.2. The molecule has 6 heteroatoms. The van der Waals surface area contributed by atoms with E-state index in [1.165, 1.54) is 12.2 Å². The van der Waals surface area contributed by atoms with Crippen molar-refractivity contribution >= 4 is 22.7 Å². The van der Waals surface area contributed by atoms with Crippen molar-refractivity contribution in [2.45, 2.75) is 57.7 Å². The molecule has 0 amide bonds. The van der Waals surface area contributed by atoms with E-state index in [2.05, 4.69) is 0 Å². The molecule has 28 heavy (non-hydrogen) atoms. The molecule has 0 radical (unpaired) electrons. The normalized spacial score (nSPS) is 46.8. The zero-order valence-corrected chi connectivity index (χ0v) is 17.1. The van der Waals surface area contributed by atoms with Gasteiger partial charge in [0.1, 0.15) is 0 Å². The van der Waals surface area contributed by atoms with Gasteiger partial charge in [-0.2, -0.15) is 5.26 Å². The van der Waals surface area contributed by atoms with Gasteiger partial charge in [0, 0.05) is 17.3 Å². The second kappa shape index (κ2) is 6.53. The smallest absolute Gasteiger partial charge is 0.193 e. The van der Waals surface area contributed by atoms with Crippen LogP contribution in [0.25, 0.3) is 0 Å². The molecule has 0 heterocycles. The number of fused-ring (bicyclic) bond motifs is 5. The van der Waals surface area contributed by atoms with E-state index < -0.39 is 22.6 Å². The summed E-state index contributed by atoms with van der Waals surface area (Å²) in [5, 5.41) is 19.9. The van der Waals surface area contributed by atoms with Crippen molar-refractivity contribution in [3.8, 4) is 6.07 Å². The molecule has 3 saturated carbocycles. The number of thioether (sulfide) groups is 1. The number of carbonyl (C=O) groups is 2. The van der Waals surface area contributed by atoms with Crippen molar-refractivity contribution in [3.63, 3.8) is 0 Å². The number of hydrogen-bond donors (Lipinski definition) is 1. The van der Waals surface area contributed by atoms with Crippen LogP contribution in [0.3, 0.4) is 0 Å². The van der Waals surface area contributed by atoms with Crippen molar-refractivity contribution in [3.05, 3.63) is 23.8 Å². The van der Waals surface area contributed by atoms with Crippen LogP contribution in [0.15, 0.2) is 23.8 Å². The molecule has 4 aliphatic carbocycles. The lowest BCUT2D eigenvalue weighted by atomic mass is 9.45. The monoisotopic (exact) mass is 403 g/mol. The van der Waals surface area contributed by atoms with Crippen molar-refractivity contribution in [1.82, 2.24) is 0 Å². The maximum atomic E-state index is 16.8. The maximum Gasteiger partial charge on any atom is 0.193 e. The Bertz CT molecular complexity index is 832. The van der Waals surface area contributed by atoms with Crippen molar-refractivity contribution in [1.29, 1.82) is 5.26 Å². The third-order valence-corrected chi connectivity index (χ3v) is 9.04. The van der Waals surface area contributed by atoms with Gasteiger partial charge in [0.15, 0.2) is 16.6 Å². The molecule has 2 unspecified atom stereocenters. The average molecular weight is 404 g/mol. The Kier molecular flexibility index (Phi) is 4.63. The third-order valence-electron chi connectivity index (χ3n) is 8.20. The van der Waals surface area contributed by atoms with Crippen molar-refractivity contribution in [2.75, 3.05) is 5.75 Å². The summed E-state index contributed by atoms with van der Waals surface area (Å²) < 4.78 is 16.8. The van der Waals surface area contributed by atoms with E-state index in [4.69, 9.17) is 5.26 Å². The highest BCUT2D eigenvalue weighted by molar-refractivity contribution is 8.13. The third kappa shape index (κ3) is 2.45. The number of alkyl halides is 1. The van der Waals surface area contributed by atoms with Gasteiger partial charge in [-0.3, -0.25) is 9.59 Å². The number of aliphatic hydroxyl groups excluding tert-OH is 1. The van der Waals surface area contributed by atoms with Gasteiger partial charge in [-0.15, -0.1) is 0 Å². The van der Waals surface area contributed by atoms with Crippen molar-refractivity contribution < 1.29 is 19.1 Å². The fraction of sp³-hybridized carbons (Fsp3) is 0.682. The predicted octanol–water partition coefficient (Wildman–Crippen LogP) is 3.76. The van der Waals surface area contributed by atoms with Gasteiger partial charge in [0.05, 0.1) is 17.9 Å². The largest absolute Gasteiger partial charge is 0.390 e. The topological polar surface area (TPSA) is 78.2 Å². The highest BCUT2D eigenvalue weighted by Gasteiger charge is 2.70. The number of halogens is 1. The zero-order chi connectivity index (χ0) is 20.3.